The Labute approximate surface area is 115 Å². The molecule has 106 valence electrons. The van der Waals surface area contributed by atoms with E-state index >= 15 is 0 Å². The molecule has 0 bridgehead atoms. The van der Waals surface area contributed by atoms with Gasteiger partial charge in [0.05, 0.1) is 0 Å². The van der Waals surface area contributed by atoms with Crippen LogP contribution >= 0.6 is 0 Å². The molecule has 2 rings (SSSR count). The molecule has 0 saturated carbocycles. The predicted molar refractivity (Wildman–Crippen MR) is 75.7 cm³/mol. The summed E-state index contributed by atoms with van der Waals surface area (Å²) >= 11 is 0. The Morgan fingerprint density at radius 3 is 2.84 bits per heavy atom. The largest absolute Gasteiger partial charge is 0.508 e. The summed E-state index contributed by atoms with van der Waals surface area (Å²) in [7, 11) is 0. The van der Waals surface area contributed by atoms with Gasteiger partial charge in [-0.3, -0.25) is 4.90 Å². The van der Waals surface area contributed by atoms with Crippen molar-refractivity contribution >= 4 is 0 Å². The van der Waals surface area contributed by atoms with Crippen LogP contribution in [0.2, 0.25) is 0 Å². The van der Waals surface area contributed by atoms with Crippen molar-refractivity contribution in [2.45, 2.75) is 58.0 Å². The Kier molecular flexibility index (Phi) is 4.81. The van der Waals surface area contributed by atoms with Crippen molar-refractivity contribution in [3.05, 3.63) is 29.6 Å². The highest BCUT2D eigenvalue weighted by atomic mass is 19.1. The highest BCUT2D eigenvalue weighted by molar-refractivity contribution is 5.29. The van der Waals surface area contributed by atoms with Crippen molar-refractivity contribution in [1.29, 1.82) is 0 Å². The van der Waals surface area contributed by atoms with E-state index in [9.17, 15) is 9.50 Å². The second-order valence-electron chi connectivity index (χ2n) is 5.53. The fourth-order valence-electron chi connectivity index (χ4n) is 3.18. The second-order valence-corrected chi connectivity index (χ2v) is 5.53. The third kappa shape index (κ3) is 3.27. The molecule has 0 radical (unpaired) electrons. The molecule has 0 aliphatic carbocycles. The maximum atomic E-state index is 14.0. The molecule has 1 aromatic carbocycles. The minimum absolute atomic E-state index is 0.00337. The van der Waals surface area contributed by atoms with E-state index < -0.39 is 0 Å². The lowest BCUT2D eigenvalue weighted by molar-refractivity contribution is 0.140. The predicted octanol–water partition coefficient (Wildman–Crippen LogP) is 4.25. The maximum Gasteiger partial charge on any atom is 0.131 e. The fraction of sp³-hybridized carbons (Fsp3) is 0.625. The molecule has 2 nitrogen and oxygen atoms in total. The number of likely N-dealkylation sites (tertiary alicyclic amines) is 1. The third-order valence-corrected chi connectivity index (χ3v) is 4.33. The zero-order valence-corrected chi connectivity index (χ0v) is 11.9. The lowest BCUT2D eigenvalue weighted by Crippen LogP contribution is -2.36. The number of hydrogen-bond donors (Lipinski definition) is 1. The van der Waals surface area contributed by atoms with E-state index in [4.69, 9.17) is 0 Å². The van der Waals surface area contributed by atoms with Gasteiger partial charge in [-0.2, -0.15) is 0 Å². The highest BCUT2D eigenvalue weighted by Gasteiger charge is 2.26. The number of hydrogen-bond acceptors (Lipinski definition) is 2. The highest BCUT2D eigenvalue weighted by Crippen LogP contribution is 2.31. The minimum atomic E-state index is -0.299. The number of phenols is 1. The van der Waals surface area contributed by atoms with Crippen molar-refractivity contribution in [3.8, 4) is 5.75 Å². The molecule has 3 heteroatoms. The Morgan fingerprint density at radius 1 is 1.37 bits per heavy atom. The van der Waals surface area contributed by atoms with E-state index in [1.807, 2.05) is 0 Å². The summed E-state index contributed by atoms with van der Waals surface area (Å²) in [6.07, 6.45) is 6.07. The van der Waals surface area contributed by atoms with Crippen LogP contribution in [-0.4, -0.2) is 22.6 Å². The van der Waals surface area contributed by atoms with Crippen molar-refractivity contribution in [3.63, 3.8) is 0 Å². The molecule has 1 heterocycles. The van der Waals surface area contributed by atoms with Gasteiger partial charge in [0.2, 0.25) is 0 Å². The van der Waals surface area contributed by atoms with Crippen LogP contribution in [0.1, 0.15) is 57.6 Å². The van der Waals surface area contributed by atoms with Crippen LogP contribution in [0.5, 0.6) is 5.75 Å². The van der Waals surface area contributed by atoms with Crippen LogP contribution in [0.3, 0.4) is 0 Å². The summed E-state index contributed by atoms with van der Waals surface area (Å²) < 4.78 is 14.0. The average Bonchev–Trinajstić information content (AvgIpc) is 2.63. The molecule has 1 saturated heterocycles. The Morgan fingerprint density at radius 2 is 2.16 bits per heavy atom. The van der Waals surface area contributed by atoms with Crippen LogP contribution < -0.4 is 0 Å². The molecule has 19 heavy (non-hydrogen) atoms. The average molecular weight is 265 g/mol. The summed E-state index contributed by atoms with van der Waals surface area (Å²) in [5, 5.41) is 9.32. The molecular formula is C16H24FNO. The Hall–Kier alpha value is -1.09. The van der Waals surface area contributed by atoms with Gasteiger partial charge in [-0.15, -0.1) is 0 Å². The zero-order valence-electron chi connectivity index (χ0n) is 11.9. The van der Waals surface area contributed by atoms with Gasteiger partial charge in [-0.25, -0.2) is 4.39 Å². The van der Waals surface area contributed by atoms with Crippen LogP contribution in [0.15, 0.2) is 18.2 Å². The van der Waals surface area contributed by atoms with Gasteiger partial charge in [-0.05, 0) is 38.8 Å². The summed E-state index contributed by atoms with van der Waals surface area (Å²) in [4.78, 5) is 2.43. The van der Waals surface area contributed by atoms with Crippen molar-refractivity contribution < 1.29 is 9.50 Å². The molecule has 2 unspecified atom stereocenters. The Balaban J connectivity index is 2.22. The van der Waals surface area contributed by atoms with E-state index in [0.717, 1.165) is 13.0 Å². The van der Waals surface area contributed by atoms with E-state index in [-0.39, 0.29) is 17.6 Å². The smallest absolute Gasteiger partial charge is 0.131 e. The van der Waals surface area contributed by atoms with E-state index in [1.54, 1.807) is 12.1 Å². The third-order valence-electron chi connectivity index (χ3n) is 4.33. The maximum absolute atomic E-state index is 14.0. The van der Waals surface area contributed by atoms with Gasteiger partial charge in [-0.1, -0.05) is 25.8 Å². The standard InChI is InChI=1S/C16H24FNO/c1-3-13-7-5-4-6-10-18(13)12(2)15-9-8-14(19)11-16(15)17/h8-9,11-13,19H,3-7,10H2,1-2H3. The Bertz CT molecular complexity index is 421. The van der Waals surface area contributed by atoms with E-state index in [0.29, 0.717) is 11.6 Å². The molecule has 1 aliphatic heterocycles. The van der Waals surface area contributed by atoms with Crippen molar-refractivity contribution in [1.82, 2.24) is 4.90 Å². The summed E-state index contributed by atoms with van der Waals surface area (Å²) in [5.74, 6) is -0.303. The zero-order chi connectivity index (χ0) is 13.8. The summed E-state index contributed by atoms with van der Waals surface area (Å²) in [6, 6.07) is 5.12. The van der Waals surface area contributed by atoms with Gasteiger partial charge in [0.15, 0.2) is 0 Å². The first-order valence-corrected chi connectivity index (χ1v) is 7.37. The molecule has 2 atom stereocenters. The number of benzene rings is 1. The van der Waals surface area contributed by atoms with Gasteiger partial charge in [0.1, 0.15) is 11.6 Å². The first-order chi connectivity index (χ1) is 9.13. The molecular weight excluding hydrogens is 241 g/mol. The van der Waals surface area contributed by atoms with Gasteiger partial charge in [0.25, 0.3) is 0 Å². The van der Waals surface area contributed by atoms with E-state index in [2.05, 4.69) is 18.7 Å². The van der Waals surface area contributed by atoms with Crippen molar-refractivity contribution in [2.75, 3.05) is 6.54 Å². The molecule has 0 aromatic heterocycles. The quantitative estimate of drug-likeness (QED) is 0.883. The molecule has 1 aliphatic rings. The number of halogens is 1. The fourth-order valence-corrected chi connectivity index (χ4v) is 3.18. The molecule has 1 aromatic rings. The monoisotopic (exact) mass is 265 g/mol. The first kappa shape index (κ1) is 14.3. The van der Waals surface area contributed by atoms with Crippen LogP contribution in [0, 0.1) is 5.82 Å². The van der Waals surface area contributed by atoms with Crippen molar-refractivity contribution in [2.24, 2.45) is 0 Å². The lowest BCUT2D eigenvalue weighted by atomic mass is 10.0. The SMILES string of the molecule is CCC1CCCCCN1C(C)c1ccc(O)cc1F. The van der Waals surface area contributed by atoms with Crippen LogP contribution in [0.25, 0.3) is 0 Å². The van der Waals surface area contributed by atoms with Gasteiger partial charge >= 0.3 is 0 Å². The topological polar surface area (TPSA) is 23.5 Å². The molecule has 0 amide bonds. The minimum Gasteiger partial charge on any atom is -0.508 e. The number of phenolic OH excluding ortho intramolecular Hbond substituents is 1. The molecule has 1 N–H and O–H groups in total. The van der Waals surface area contributed by atoms with Gasteiger partial charge < -0.3 is 5.11 Å². The first-order valence-electron chi connectivity index (χ1n) is 7.37. The molecule has 0 spiro atoms. The number of nitrogens with zero attached hydrogens (tertiary/aromatic N) is 1. The van der Waals surface area contributed by atoms with Gasteiger partial charge in [0, 0.05) is 23.7 Å². The van der Waals surface area contributed by atoms with E-state index in [1.165, 1.54) is 31.7 Å². The lowest BCUT2D eigenvalue weighted by Gasteiger charge is -2.35. The second kappa shape index (κ2) is 6.38. The van der Waals surface area contributed by atoms with Crippen LogP contribution in [-0.2, 0) is 0 Å². The van der Waals surface area contributed by atoms with Crippen LogP contribution in [0.4, 0.5) is 4.39 Å². The number of rotatable bonds is 3. The number of aromatic hydroxyl groups is 1. The summed E-state index contributed by atoms with van der Waals surface area (Å²) in [6.45, 7) is 5.33. The molecule has 1 fully saturated rings. The summed E-state index contributed by atoms with van der Waals surface area (Å²) in [5.41, 5.74) is 0.693. The normalized spacial score (nSPS) is 23.0.